The van der Waals surface area contributed by atoms with E-state index in [1.165, 1.54) is 0 Å². The first-order valence-electron chi connectivity index (χ1n) is 9.41. The van der Waals surface area contributed by atoms with Crippen LogP contribution in [0.4, 0.5) is 5.69 Å². The van der Waals surface area contributed by atoms with Crippen molar-refractivity contribution in [3.63, 3.8) is 0 Å². The highest BCUT2D eigenvalue weighted by atomic mass is 16.2. The van der Waals surface area contributed by atoms with Crippen LogP contribution >= 0.6 is 0 Å². The Morgan fingerprint density at radius 1 is 1.11 bits per heavy atom. The molecule has 1 heterocycles. The van der Waals surface area contributed by atoms with Gasteiger partial charge < -0.3 is 15.2 Å². The smallest absolute Gasteiger partial charge is 0.313 e. The van der Waals surface area contributed by atoms with Gasteiger partial charge in [-0.3, -0.25) is 14.4 Å². The summed E-state index contributed by atoms with van der Waals surface area (Å²) in [5.74, 6) is 0.365. The van der Waals surface area contributed by atoms with E-state index in [-0.39, 0.29) is 5.78 Å². The molecule has 2 aromatic rings. The number of fused-ring (bicyclic) bond motifs is 2. The van der Waals surface area contributed by atoms with Gasteiger partial charge in [-0.25, -0.2) is 4.98 Å². The van der Waals surface area contributed by atoms with Crippen molar-refractivity contribution in [3.05, 3.63) is 60.2 Å². The normalized spacial score (nSPS) is 22.2. The van der Waals surface area contributed by atoms with E-state index in [9.17, 15) is 14.4 Å². The highest BCUT2D eigenvalue weighted by molar-refractivity contribution is 6.39. The Morgan fingerprint density at radius 2 is 1.89 bits per heavy atom. The van der Waals surface area contributed by atoms with E-state index in [1.807, 2.05) is 0 Å². The third-order valence-corrected chi connectivity index (χ3v) is 5.58. The standard InChI is InChI=1S/C21H22N4O3/c1-25-9-8-22-19(25)18(26)14-4-6-17(7-5-14)24-21(28)20(27)23-12-16-11-13-2-3-15(16)10-13/h2-9,13,15-16H,10-12H2,1H3,(H,23,27)(H,24,28)/t13-,15+,16-/m1/s1. The number of aryl methyl sites for hydroxylation is 1. The molecular formula is C21H22N4O3. The molecule has 4 rings (SSSR count). The Bertz CT molecular complexity index is 945. The second-order valence-corrected chi connectivity index (χ2v) is 7.47. The van der Waals surface area contributed by atoms with Gasteiger partial charge in [-0.2, -0.15) is 0 Å². The summed E-state index contributed by atoms with van der Waals surface area (Å²) in [6.07, 6.45) is 9.97. The molecule has 2 N–H and O–H groups in total. The van der Waals surface area contributed by atoms with Gasteiger partial charge in [-0.05, 0) is 54.9 Å². The zero-order chi connectivity index (χ0) is 19.7. The summed E-state index contributed by atoms with van der Waals surface area (Å²) in [5.41, 5.74) is 0.917. The summed E-state index contributed by atoms with van der Waals surface area (Å²) in [6.45, 7) is 0.523. The molecule has 1 saturated carbocycles. The number of nitrogens with one attached hydrogen (secondary N) is 2. The monoisotopic (exact) mass is 378 g/mol. The van der Waals surface area contributed by atoms with Gasteiger partial charge in [0.15, 0.2) is 5.82 Å². The predicted molar refractivity (Wildman–Crippen MR) is 104 cm³/mol. The Hall–Kier alpha value is -3.22. The number of ketones is 1. The van der Waals surface area contributed by atoms with Gasteiger partial charge in [-0.1, -0.05) is 12.2 Å². The van der Waals surface area contributed by atoms with Crippen molar-refractivity contribution >= 4 is 23.3 Å². The van der Waals surface area contributed by atoms with Gasteiger partial charge in [-0.15, -0.1) is 0 Å². The summed E-state index contributed by atoms with van der Waals surface area (Å²) in [6, 6.07) is 6.41. The first-order valence-corrected chi connectivity index (χ1v) is 9.41. The number of aromatic nitrogens is 2. The number of hydrogen-bond acceptors (Lipinski definition) is 4. The first kappa shape index (κ1) is 18.2. The van der Waals surface area contributed by atoms with Crippen molar-refractivity contribution in [2.75, 3.05) is 11.9 Å². The topological polar surface area (TPSA) is 93.1 Å². The lowest BCUT2D eigenvalue weighted by atomic mass is 9.94. The fourth-order valence-electron chi connectivity index (χ4n) is 4.04. The summed E-state index contributed by atoms with van der Waals surface area (Å²) >= 11 is 0. The van der Waals surface area contributed by atoms with Crippen LogP contribution in [0.25, 0.3) is 0 Å². The molecule has 2 bridgehead atoms. The van der Waals surface area contributed by atoms with Crippen molar-refractivity contribution in [3.8, 4) is 0 Å². The molecular weight excluding hydrogens is 356 g/mol. The minimum Gasteiger partial charge on any atom is -0.348 e. The molecule has 0 saturated heterocycles. The quantitative estimate of drug-likeness (QED) is 0.472. The van der Waals surface area contributed by atoms with Crippen LogP contribution < -0.4 is 10.6 Å². The number of rotatable bonds is 5. The second-order valence-electron chi connectivity index (χ2n) is 7.47. The van der Waals surface area contributed by atoms with E-state index in [0.717, 1.165) is 12.8 Å². The molecule has 0 radical (unpaired) electrons. The van der Waals surface area contributed by atoms with Crippen LogP contribution in [0.5, 0.6) is 0 Å². The minimum atomic E-state index is -0.707. The molecule has 2 aliphatic rings. The number of carbonyl (C=O) groups excluding carboxylic acids is 3. The van der Waals surface area contributed by atoms with E-state index >= 15 is 0 Å². The zero-order valence-corrected chi connectivity index (χ0v) is 15.6. The fourth-order valence-corrected chi connectivity index (χ4v) is 4.04. The van der Waals surface area contributed by atoms with Crippen LogP contribution in [-0.2, 0) is 16.6 Å². The highest BCUT2D eigenvalue weighted by Crippen LogP contribution is 2.42. The highest BCUT2D eigenvalue weighted by Gasteiger charge is 2.35. The maximum absolute atomic E-state index is 12.4. The summed E-state index contributed by atoms with van der Waals surface area (Å²) < 4.78 is 1.65. The van der Waals surface area contributed by atoms with Crippen LogP contribution in [0, 0.1) is 17.8 Å². The molecule has 1 aromatic carbocycles. The molecule has 7 heteroatoms. The van der Waals surface area contributed by atoms with Gasteiger partial charge in [0.1, 0.15) is 0 Å². The molecule has 0 unspecified atom stereocenters. The number of nitrogens with zero attached hydrogens (tertiary/aromatic N) is 2. The molecule has 3 atom stereocenters. The van der Waals surface area contributed by atoms with Crippen molar-refractivity contribution in [1.82, 2.24) is 14.9 Å². The van der Waals surface area contributed by atoms with E-state index < -0.39 is 11.8 Å². The van der Waals surface area contributed by atoms with Crippen molar-refractivity contribution < 1.29 is 14.4 Å². The summed E-state index contributed by atoms with van der Waals surface area (Å²) in [5, 5.41) is 5.30. The molecule has 1 fully saturated rings. The third kappa shape index (κ3) is 3.60. The largest absolute Gasteiger partial charge is 0.348 e. The van der Waals surface area contributed by atoms with Crippen LogP contribution in [0.3, 0.4) is 0 Å². The van der Waals surface area contributed by atoms with Crippen LogP contribution in [0.1, 0.15) is 29.0 Å². The van der Waals surface area contributed by atoms with Gasteiger partial charge in [0.2, 0.25) is 5.78 Å². The number of benzene rings is 1. The number of carbonyl (C=O) groups is 3. The Morgan fingerprint density at radius 3 is 2.50 bits per heavy atom. The second kappa shape index (κ2) is 7.42. The maximum Gasteiger partial charge on any atom is 0.313 e. The van der Waals surface area contributed by atoms with E-state index in [1.54, 1.807) is 48.3 Å². The van der Waals surface area contributed by atoms with Crippen molar-refractivity contribution in [2.45, 2.75) is 12.8 Å². The maximum atomic E-state index is 12.4. The number of imidazole rings is 1. The van der Waals surface area contributed by atoms with E-state index in [2.05, 4.69) is 27.8 Å². The Kier molecular flexibility index (Phi) is 4.81. The zero-order valence-electron chi connectivity index (χ0n) is 15.6. The minimum absolute atomic E-state index is 0.206. The molecule has 2 aliphatic carbocycles. The molecule has 28 heavy (non-hydrogen) atoms. The molecule has 0 spiro atoms. The molecule has 144 valence electrons. The van der Waals surface area contributed by atoms with Crippen LogP contribution in [0.2, 0.25) is 0 Å². The van der Waals surface area contributed by atoms with Gasteiger partial charge >= 0.3 is 11.8 Å². The average molecular weight is 378 g/mol. The predicted octanol–water partition coefficient (Wildman–Crippen LogP) is 1.92. The molecule has 7 nitrogen and oxygen atoms in total. The number of amides is 2. The lowest BCUT2D eigenvalue weighted by Crippen LogP contribution is -2.38. The number of allylic oxidation sites excluding steroid dienone is 2. The van der Waals surface area contributed by atoms with Gasteiger partial charge in [0.25, 0.3) is 0 Å². The van der Waals surface area contributed by atoms with Gasteiger partial charge in [0.05, 0.1) is 0 Å². The molecule has 0 aliphatic heterocycles. The summed E-state index contributed by atoms with van der Waals surface area (Å²) in [4.78, 5) is 40.6. The summed E-state index contributed by atoms with van der Waals surface area (Å²) in [7, 11) is 1.75. The van der Waals surface area contributed by atoms with Gasteiger partial charge in [0, 0.05) is 37.2 Å². The number of hydrogen-bond donors (Lipinski definition) is 2. The molecule has 2 amide bonds. The fraction of sp³-hybridized carbons (Fsp3) is 0.333. The number of anilines is 1. The first-order chi connectivity index (χ1) is 13.5. The van der Waals surface area contributed by atoms with Crippen molar-refractivity contribution in [1.29, 1.82) is 0 Å². The third-order valence-electron chi connectivity index (χ3n) is 5.58. The van der Waals surface area contributed by atoms with Crippen molar-refractivity contribution in [2.24, 2.45) is 24.8 Å². The van der Waals surface area contributed by atoms with E-state index in [4.69, 9.17) is 0 Å². The SMILES string of the molecule is Cn1ccnc1C(=O)c1ccc(NC(=O)C(=O)NC[C@H]2C[C@@H]3C=C[C@H]2C3)cc1. The lowest BCUT2D eigenvalue weighted by molar-refractivity contribution is -0.136. The molecule has 1 aromatic heterocycles. The Balaban J connectivity index is 1.30. The van der Waals surface area contributed by atoms with Crippen LogP contribution in [-0.4, -0.2) is 33.7 Å². The van der Waals surface area contributed by atoms with Crippen LogP contribution in [0.15, 0.2) is 48.8 Å². The lowest BCUT2D eigenvalue weighted by Gasteiger charge is -2.18. The van der Waals surface area contributed by atoms with E-state index in [0.29, 0.717) is 41.4 Å². The Labute approximate surface area is 162 Å². The average Bonchev–Trinajstić information content (AvgIpc) is 3.43.